The molecule has 7 heteroatoms. The van der Waals surface area contributed by atoms with E-state index in [1.807, 2.05) is 36.4 Å². The van der Waals surface area contributed by atoms with Crippen LogP contribution in [0.15, 0.2) is 66.7 Å². The maximum absolute atomic E-state index is 12.6. The number of hydrogen-bond donors (Lipinski definition) is 2. The maximum Gasteiger partial charge on any atom is 0.266 e. The van der Waals surface area contributed by atoms with Crippen molar-refractivity contribution in [2.45, 2.75) is 12.5 Å². The second-order valence-electron chi connectivity index (χ2n) is 6.99. The summed E-state index contributed by atoms with van der Waals surface area (Å²) in [6, 6.07) is 20.0. The van der Waals surface area contributed by atoms with Gasteiger partial charge >= 0.3 is 0 Å². The van der Waals surface area contributed by atoms with E-state index in [1.165, 1.54) is 0 Å². The second-order valence-corrected chi connectivity index (χ2v) is 6.99. The molecule has 0 aliphatic carbocycles. The Morgan fingerprint density at radius 2 is 1.81 bits per heavy atom. The van der Waals surface area contributed by atoms with Crippen LogP contribution < -0.4 is 24.8 Å². The molecule has 0 unspecified atom stereocenters. The molecule has 31 heavy (non-hydrogen) atoms. The van der Waals surface area contributed by atoms with Gasteiger partial charge in [-0.3, -0.25) is 9.59 Å². The molecule has 0 fully saturated rings. The van der Waals surface area contributed by atoms with Gasteiger partial charge in [-0.1, -0.05) is 24.3 Å². The summed E-state index contributed by atoms with van der Waals surface area (Å²) in [6.45, 7) is 0. The van der Waals surface area contributed by atoms with Crippen molar-refractivity contribution >= 4 is 23.2 Å². The van der Waals surface area contributed by atoms with Gasteiger partial charge in [-0.25, -0.2) is 0 Å². The number of ether oxygens (including phenoxy) is 3. The number of carbonyl (C=O) groups excluding carboxylic acids is 2. The van der Waals surface area contributed by atoms with Gasteiger partial charge in [0.2, 0.25) is 5.91 Å². The van der Waals surface area contributed by atoms with Crippen molar-refractivity contribution in [3.63, 3.8) is 0 Å². The van der Waals surface area contributed by atoms with Crippen LogP contribution in [0.1, 0.15) is 6.42 Å². The van der Waals surface area contributed by atoms with Gasteiger partial charge < -0.3 is 24.8 Å². The molecule has 158 valence electrons. The van der Waals surface area contributed by atoms with Crippen molar-refractivity contribution in [1.29, 1.82) is 0 Å². The largest absolute Gasteiger partial charge is 0.497 e. The first kappa shape index (κ1) is 20.3. The maximum atomic E-state index is 12.6. The van der Waals surface area contributed by atoms with Crippen LogP contribution in [0, 0.1) is 0 Å². The van der Waals surface area contributed by atoms with Crippen LogP contribution in [0.25, 0.3) is 11.1 Å². The number of nitrogens with one attached hydrogen (secondary N) is 2. The van der Waals surface area contributed by atoms with E-state index in [4.69, 9.17) is 14.2 Å². The summed E-state index contributed by atoms with van der Waals surface area (Å²) in [6.07, 6.45) is -1.00. The molecule has 0 saturated heterocycles. The number of benzene rings is 3. The highest BCUT2D eigenvalue weighted by atomic mass is 16.5. The molecule has 0 bridgehead atoms. The Morgan fingerprint density at radius 3 is 2.55 bits per heavy atom. The van der Waals surface area contributed by atoms with Crippen molar-refractivity contribution in [2.75, 3.05) is 24.9 Å². The van der Waals surface area contributed by atoms with Crippen molar-refractivity contribution in [2.24, 2.45) is 0 Å². The van der Waals surface area contributed by atoms with Gasteiger partial charge in [0.05, 0.1) is 26.3 Å². The molecule has 1 heterocycles. The van der Waals surface area contributed by atoms with Crippen LogP contribution in [0.3, 0.4) is 0 Å². The van der Waals surface area contributed by atoms with Crippen molar-refractivity contribution in [1.82, 2.24) is 0 Å². The van der Waals surface area contributed by atoms with Gasteiger partial charge in [0.1, 0.15) is 17.2 Å². The fourth-order valence-corrected chi connectivity index (χ4v) is 3.39. The third-order valence-electron chi connectivity index (χ3n) is 4.96. The topological polar surface area (TPSA) is 85.9 Å². The molecular formula is C24H22N2O5. The SMILES string of the molecule is COc1ccc(-c2cc(NC(=O)C[C@H]3Oc4ccccc4NC3=O)ccc2OC)cc1. The standard InChI is InChI=1S/C24H22N2O5/c1-29-17-10-7-15(8-11-17)18-13-16(9-12-20(18)30-2)25-23(27)14-22-24(28)26-19-5-3-4-6-21(19)31-22/h3-13,22H,14H2,1-2H3,(H,25,27)(H,26,28)/t22-/m1/s1. The molecule has 0 radical (unpaired) electrons. The van der Waals surface area contributed by atoms with Gasteiger partial charge in [0.15, 0.2) is 6.10 Å². The molecular weight excluding hydrogens is 396 g/mol. The normalized spacial score (nSPS) is 14.6. The number of amides is 2. The zero-order chi connectivity index (χ0) is 21.8. The quantitative estimate of drug-likeness (QED) is 0.630. The molecule has 0 aromatic heterocycles. The van der Waals surface area contributed by atoms with E-state index in [1.54, 1.807) is 44.6 Å². The van der Waals surface area contributed by atoms with Gasteiger partial charge in [0, 0.05) is 11.3 Å². The molecule has 3 aromatic rings. The van der Waals surface area contributed by atoms with Gasteiger partial charge in [-0.15, -0.1) is 0 Å². The lowest BCUT2D eigenvalue weighted by Crippen LogP contribution is -2.39. The number of hydrogen-bond acceptors (Lipinski definition) is 5. The molecule has 2 N–H and O–H groups in total. The van der Waals surface area contributed by atoms with E-state index in [2.05, 4.69) is 10.6 Å². The highest BCUT2D eigenvalue weighted by Gasteiger charge is 2.29. The lowest BCUT2D eigenvalue weighted by atomic mass is 10.0. The number of carbonyl (C=O) groups is 2. The molecule has 1 atom stereocenters. The third kappa shape index (κ3) is 4.45. The molecule has 1 aliphatic rings. The average molecular weight is 418 g/mol. The lowest BCUT2D eigenvalue weighted by Gasteiger charge is -2.25. The minimum atomic E-state index is -0.894. The van der Waals surface area contributed by atoms with E-state index >= 15 is 0 Å². The van der Waals surface area contributed by atoms with Crippen LogP contribution in [-0.4, -0.2) is 32.1 Å². The van der Waals surface area contributed by atoms with Crippen LogP contribution in [-0.2, 0) is 9.59 Å². The summed E-state index contributed by atoms with van der Waals surface area (Å²) in [5, 5.41) is 5.60. The Morgan fingerprint density at radius 1 is 1.03 bits per heavy atom. The first-order chi connectivity index (χ1) is 15.1. The van der Waals surface area contributed by atoms with Crippen LogP contribution >= 0.6 is 0 Å². The lowest BCUT2D eigenvalue weighted by molar-refractivity contribution is -0.128. The predicted octanol–water partition coefficient (Wildman–Crippen LogP) is 4.10. The first-order valence-corrected chi connectivity index (χ1v) is 9.76. The summed E-state index contributed by atoms with van der Waals surface area (Å²) in [5.41, 5.74) is 2.93. The number of para-hydroxylation sites is 2. The zero-order valence-corrected chi connectivity index (χ0v) is 17.2. The number of rotatable bonds is 6. The summed E-state index contributed by atoms with van der Waals surface area (Å²) >= 11 is 0. The Bertz CT molecular complexity index is 1110. The molecule has 0 spiro atoms. The molecule has 7 nitrogen and oxygen atoms in total. The van der Waals surface area contributed by atoms with Gasteiger partial charge in [-0.05, 0) is 48.0 Å². The number of methoxy groups -OCH3 is 2. The Balaban J connectivity index is 1.49. The number of fused-ring (bicyclic) bond motifs is 1. The number of anilines is 2. The Labute approximate surface area is 179 Å². The highest BCUT2D eigenvalue weighted by molar-refractivity contribution is 6.02. The molecule has 4 rings (SSSR count). The van der Waals surface area contributed by atoms with Crippen LogP contribution in [0.5, 0.6) is 17.2 Å². The molecule has 2 amide bonds. The van der Waals surface area contributed by atoms with Crippen LogP contribution in [0.2, 0.25) is 0 Å². The Hall–Kier alpha value is -4.00. The summed E-state index contributed by atoms with van der Waals surface area (Å²) in [7, 11) is 3.21. The van der Waals surface area contributed by atoms with Crippen molar-refractivity contribution < 1.29 is 23.8 Å². The highest BCUT2D eigenvalue weighted by Crippen LogP contribution is 2.34. The van der Waals surface area contributed by atoms with E-state index in [0.29, 0.717) is 22.9 Å². The summed E-state index contributed by atoms with van der Waals surface area (Å²) < 4.78 is 16.4. The van der Waals surface area contributed by atoms with Crippen molar-refractivity contribution in [3.8, 4) is 28.4 Å². The first-order valence-electron chi connectivity index (χ1n) is 9.76. The minimum Gasteiger partial charge on any atom is -0.497 e. The summed E-state index contributed by atoms with van der Waals surface area (Å²) in [5.74, 6) is 1.30. The fraction of sp³-hybridized carbons (Fsp3) is 0.167. The smallest absolute Gasteiger partial charge is 0.266 e. The molecule has 3 aromatic carbocycles. The van der Waals surface area contributed by atoms with Crippen molar-refractivity contribution in [3.05, 3.63) is 66.7 Å². The average Bonchev–Trinajstić information content (AvgIpc) is 2.79. The van der Waals surface area contributed by atoms with E-state index in [0.717, 1.165) is 16.9 Å². The fourth-order valence-electron chi connectivity index (χ4n) is 3.39. The molecule has 0 saturated carbocycles. The van der Waals surface area contributed by atoms with Crippen LogP contribution in [0.4, 0.5) is 11.4 Å². The second kappa shape index (κ2) is 8.79. The van der Waals surface area contributed by atoms with Gasteiger partial charge in [0.25, 0.3) is 5.91 Å². The van der Waals surface area contributed by atoms with E-state index in [-0.39, 0.29) is 18.2 Å². The summed E-state index contributed by atoms with van der Waals surface area (Å²) in [4.78, 5) is 24.9. The van der Waals surface area contributed by atoms with E-state index in [9.17, 15) is 9.59 Å². The molecule has 1 aliphatic heterocycles. The minimum absolute atomic E-state index is 0.107. The Kier molecular flexibility index (Phi) is 5.75. The predicted molar refractivity (Wildman–Crippen MR) is 118 cm³/mol. The van der Waals surface area contributed by atoms with E-state index < -0.39 is 6.10 Å². The monoisotopic (exact) mass is 418 g/mol. The zero-order valence-electron chi connectivity index (χ0n) is 17.2. The third-order valence-corrected chi connectivity index (χ3v) is 4.96. The van der Waals surface area contributed by atoms with Gasteiger partial charge in [-0.2, -0.15) is 0 Å².